The fourth-order valence-corrected chi connectivity index (χ4v) is 6.97. The number of phenols is 9. The van der Waals surface area contributed by atoms with Crippen molar-refractivity contribution < 1.29 is 75.3 Å². The molecular weight excluding hydrogens is 959 g/mol. The first-order chi connectivity index (χ1) is 35.3. The molecule has 0 aliphatic heterocycles. The summed E-state index contributed by atoms with van der Waals surface area (Å²) in [6.07, 6.45) is 8.97. The predicted molar refractivity (Wildman–Crippen MR) is 277 cm³/mol. The number of carbonyl (C=O) groups excluding carboxylic acids is 2. The maximum Gasteiger partial charge on any atom is 0.307 e. The Hall–Kier alpha value is -9.66. The Morgan fingerprint density at radius 2 is 0.784 bits per heavy atom. The average Bonchev–Trinajstić information content (AvgIpc) is 4.07. The standard InChI is InChI=1S/C10H12N2O.C10H9NO3.C10H9NO2.C8H11NO2.C8H8O4.C8H8O3/c11-4-3-7-6-12-10-2-1-8(13)5-9(7)10;12-7-1-2-9-8(4-7)6(5-11-9)3-10(13)14;12-4-3-7-6-11-10-2-1-8(13)5-9(7)10;9-4-3-6-1-2-7(10)8(11)5-6;9-6-2-1-5(3-7(6)10)4-8(11)12;9-4-3-6-1-2-7(10)8(11)5-6/h1-2,5-6,12-13H,3-4,11H2;1-2,4-5,11-12H,3H2,(H,13,14);1-2,4-6,11,13H,3H2;1-2,5,10-11H,3-4,9H2;1-3,9-10H,4H2,(H,11,12);1-2,4-5,10-11H,3H2. The summed E-state index contributed by atoms with van der Waals surface area (Å²) in [6, 6.07) is 28.1. The molecule has 0 aliphatic carbocycles. The number of aromatic nitrogens is 3. The zero-order valence-electron chi connectivity index (χ0n) is 39.6. The van der Waals surface area contributed by atoms with Crippen molar-refractivity contribution in [2.24, 2.45) is 11.5 Å². The summed E-state index contributed by atoms with van der Waals surface area (Å²) in [5.41, 5.74) is 18.4. The van der Waals surface area contributed by atoms with Crippen LogP contribution < -0.4 is 11.5 Å². The lowest BCUT2D eigenvalue weighted by Gasteiger charge is -2.00. The van der Waals surface area contributed by atoms with E-state index in [1.54, 1.807) is 73.1 Å². The van der Waals surface area contributed by atoms with Gasteiger partial charge in [-0.25, -0.2) is 0 Å². The van der Waals surface area contributed by atoms with E-state index >= 15 is 0 Å². The largest absolute Gasteiger partial charge is 0.508 e. The Morgan fingerprint density at radius 3 is 1.22 bits per heavy atom. The molecule has 0 saturated carbocycles. The van der Waals surface area contributed by atoms with E-state index in [9.17, 15) is 34.5 Å². The zero-order valence-corrected chi connectivity index (χ0v) is 39.6. The van der Waals surface area contributed by atoms with Crippen molar-refractivity contribution in [3.8, 4) is 51.7 Å². The fraction of sp³-hybridized carbons (Fsp3) is 0.148. The highest BCUT2D eigenvalue weighted by Crippen LogP contribution is 2.28. The van der Waals surface area contributed by atoms with Crippen LogP contribution in [0.5, 0.6) is 51.7 Å². The summed E-state index contributed by atoms with van der Waals surface area (Å²) < 4.78 is 0. The molecule has 0 atom stereocenters. The van der Waals surface area contributed by atoms with Gasteiger partial charge in [0.15, 0.2) is 34.5 Å². The number of aldehydes is 2. The quantitative estimate of drug-likeness (QED) is 0.0449. The highest BCUT2D eigenvalue weighted by atomic mass is 16.4. The average molecular weight is 1020 g/mol. The number of phenolic OH excluding ortho intramolecular Hbond substituents is 9. The van der Waals surface area contributed by atoms with E-state index in [1.807, 2.05) is 12.3 Å². The van der Waals surface area contributed by atoms with Gasteiger partial charge < -0.3 is 92.2 Å². The monoisotopic (exact) mass is 1020 g/mol. The minimum Gasteiger partial charge on any atom is -0.508 e. The maximum absolute atomic E-state index is 10.5. The number of carboxylic acids is 2. The number of aliphatic carboxylic acids is 2. The molecule has 0 radical (unpaired) electrons. The van der Waals surface area contributed by atoms with Gasteiger partial charge in [-0.05, 0) is 150 Å². The van der Waals surface area contributed by atoms with Crippen LogP contribution in [0.15, 0.2) is 128 Å². The van der Waals surface area contributed by atoms with E-state index in [0.29, 0.717) is 48.4 Å². The normalized spacial score (nSPS) is 10.2. The van der Waals surface area contributed by atoms with Gasteiger partial charge in [0.2, 0.25) is 0 Å². The molecule has 9 aromatic rings. The van der Waals surface area contributed by atoms with Gasteiger partial charge in [-0.15, -0.1) is 0 Å². The molecule has 6 aromatic carbocycles. The molecule has 0 aliphatic rings. The van der Waals surface area contributed by atoms with Crippen LogP contribution in [0.3, 0.4) is 0 Å². The minimum atomic E-state index is -0.972. The van der Waals surface area contributed by atoms with E-state index in [2.05, 4.69) is 15.0 Å². The number of aromatic amines is 3. The summed E-state index contributed by atoms with van der Waals surface area (Å²) >= 11 is 0. The van der Waals surface area contributed by atoms with E-state index in [-0.39, 0.29) is 65.3 Å². The number of rotatable bonds is 12. The topological polar surface area (TPSA) is 390 Å². The molecule has 0 unspecified atom stereocenters. The summed E-state index contributed by atoms with van der Waals surface area (Å²) in [5, 5.41) is 101. The van der Waals surface area contributed by atoms with Crippen LogP contribution in [0.4, 0.5) is 0 Å². The number of H-pyrrole nitrogens is 3. The number of carboxylic acid groups (broad SMARTS) is 2. The van der Waals surface area contributed by atoms with Crippen LogP contribution >= 0.6 is 0 Å². The van der Waals surface area contributed by atoms with E-state index in [0.717, 1.165) is 68.4 Å². The van der Waals surface area contributed by atoms with Crippen LogP contribution in [-0.2, 0) is 57.7 Å². The van der Waals surface area contributed by atoms with Gasteiger partial charge in [-0.3, -0.25) is 9.59 Å². The molecule has 74 heavy (non-hydrogen) atoms. The molecule has 0 spiro atoms. The number of nitrogens with one attached hydrogen (secondary N) is 3. The number of fused-ring (bicyclic) bond motifs is 3. The number of hydrogen-bond acceptors (Lipinski definition) is 15. The Labute approximate surface area is 422 Å². The van der Waals surface area contributed by atoms with Crippen molar-refractivity contribution in [1.82, 2.24) is 15.0 Å². The molecule has 0 saturated heterocycles. The highest BCUT2D eigenvalue weighted by Gasteiger charge is 2.09. The third-order valence-corrected chi connectivity index (χ3v) is 10.5. The second-order valence-electron chi connectivity index (χ2n) is 16.1. The molecule has 20 heteroatoms. The van der Waals surface area contributed by atoms with Crippen LogP contribution in [-0.4, -0.2) is 109 Å². The lowest BCUT2D eigenvalue weighted by molar-refractivity contribution is -0.137. The van der Waals surface area contributed by atoms with Crippen LogP contribution in [0, 0.1) is 0 Å². The molecule has 0 fully saturated rings. The SMILES string of the molecule is NCCc1c[nH]c2ccc(O)cc12.NCCc1ccc(O)c(O)c1.O=C(O)Cc1c[nH]c2ccc(O)cc12.O=C(O)Cc1ccc(O)c(O)c1.O=CCc1c[nH]c2ccc(O)cc12.O=CCc1ccc(O)c(O)c1. The van der Waals surface area contributed by atoms with E-state index in [1.165, 1.54) is 42.5 Å². The highest BCUT2D eigenvalue weighted by molar-refractivity contribution is 5.88. The Balaban J connectivity index is 0.000000193. The van der Waals surface area contributed by atoms with E-state index in [4.69, 9.17) is 52.3 Å². The molecule has 9 rings (SSSR count). The van der Waals surface area contributed by atoms with Gasteiger partial charge in [0, 0.05) is 64.1 Å². The van der Waals surface area contributed by atoms with E-state index < -0.39 is 11.9 Å². The first kappa shape index (κ1) is 56.9. The first-order valence-corrected chi connectivity index (χ1v) is 22.5. The molecule has 20 nitrogen and oxygen atoms in total. The molecule has 0 bridgehead atoms. The van der Waals surface area contributed by atoms with Crippen molar-refractivity contribution in [3.05, 3.63) is 161 Å². The Morgan fingerprint density at radius 1 is 0.405 bits per heavy atom. The van der Waals surface area contributed by atoms with Crippen LogP contribution in [0.1, 0.15) is 33.4 Å². The molecule has 0 amide bonds. The van der Waals surface area contributed by atoms with Gasteiger partial charge in [-0.1, -0.05) is 18.2 Å². The molecule has 388 valence electrons. The fourth-order valence-electron chi connectivity index (χ4n) is 6.97. The van der Waals surface area contributed by atoms with Crippen LogP contribution in [0.25, 0.3) is 32.7 Å². The first-order valence-electron chi connectivity index (χ1n) is 22.5. The molecule has 3 aromatic heterocycles. The Kier molecular flexibility index (Phi) is 21.7. The van der Waals surface area contributed by atoms with Crippen molar-refractivity contribution in [2.45, 2.75) is 38.5 Å². The lowest BCUT2D eigenvalue weighted by atomic mass is 10.1. The van der Waals surface area contributed by atoms with Gasteiger partial charge in [0.25, 0.3) is 0 Å². The van der Waals surface area contributed by atoms with Crippen molar-refractivity contribution >= 4 is 57.2 Å². The molecule has 3 heterocycles. The van der Waals surface area contributed by atoms with Gasteiger partial charge >= 0.3 is 11.9 Å². The number of nitrogens with two attached hydrogens (primary N) is 2. The third-order valence-electron chi connectivity index (χ3n) is 10.5. The number of benzene rings is 6. The van der Waals surface area contributed by atoms with Crippen molar-refractivity contribution in [1.29, 1.82) is 0 Å². The third kappa shape index (κ3) is 17.6. The summed E-state index contributed by atoms with van der Waals surface area (Å²) in [4.78, 5) is 50.2. The summed E-state index contributed by atoms with van der Waals surface area (Å²) in [7, 11) is 0. The second kappa shape index (κ2) is 28.3. The summed E-state index contributed by atoms with van der Waals surface area (Å²) in [5.74, 6) is -2.27. The van der Waals surface area contributed by atoms with Crippen LogP contribution in [0.2, 0.25) is 0 Å². The predicted octanol–water partition coefficient (Wildman–Crippen LogP) is 6.65. The van der Waals surface area contributed by atoms with Gasteiger partial charge in [-0.2, -0.15) is 0 Å². The molecule has 18 N–H and O–H groups in total. The van der Waals surface area contributed by atoms with Crippen molar-refractivity contribution in [3.63, 3.8) is 0 Å². The zero-order chi connectivity index (χ0) is 54.3. The second-order valence-corrected chi connectivity index (χ2v) is 16.1. The number of hydrogen-bond donors (Lipinski definition) is 16. The lowest BCUT2D eigenvalue weighted by Crippen LogP contribution is -2.02. The maximum atomic E-state index is 10.5. The van der Waals surface area contributed by atoms with Gasteiger partial charge in [0.05, 0.1) is 12.8 Å². The number of aromatic hydroxyl groups is 9. The number of carbonyl (C=O) groups is 4. The smallest absolute Gasteiger partial charge is 0.307 e. The van der Waals surface area contributed by atoms with Crippen molar-refractivity contribution in [2.75, 3.05) is 13.1 Å². The minimum absolute atomic E-state index is 0.0382. The summed E-state index contributed by atoms with van der Waals surface area (Å²) in [6.45, 7) is 1.17. The molecular formula is C54H57N5O15. The van der Waals surface area contributed by atoms with Gasteiger partial charge in [0.1, 0.15) is 29.8 Å². The Bertz CT molecular complexity index is 3290.